The van der Waals surface area contributed by atoms with Gasteiger partial charge in [-0.25, -0.2) is 0 Å². The van der Waals surface area contributed by atoms with Crippen LogP contribution in [0.1, 0.15) is 6.92 Å². The number of allylic oxidation sites excluding steroid dienone is 3. The molecule has 0 bridgehead atoms. The van der Waals surface area contributed by atoms with Gasteiger partial charge in [-0.1, -0.05) is 45.8 Å². The summed E-state index contributed by atoms with van der Waals surface area (Å²) in [4.78, 5) is -1.40. The zero-order chi connectivity index (χ0) is 12.8. The van der Waals surface area contributed by atoms with Crippen molar-refractivity contribution in [2.75, 3.05) is 11.2 Å². The average molecular weight is 389 g/mol. The van der Waals surface area contributed by atoms with E-state index in [4.69, 9.17) is 58.0 Å². The Morgan fingerprint density at radius 1 is 1.31 bits per heavy atom. The zero-order valence-corrected chi connectivity index (χ0v) is 13.9. The summed E-state index contributed by atoms with van der Waals surface area (Å²) in [6.45, 7) is 1.76. The minimum atomic E-state index is -0.754. The monoisotopic (exact) mass is 386 g/mol. The van der Waals surface area contributed by atoms with Crippen LogP contribution in [-0.4, -0.2) is 26.3 Å². The van der Waals surface area contributed by atoms with Crippen LogP contribution in [0.5, 0.6) is 0 Å². The van der Waals surface area contributed by atoms with E-state index < -0.39 is 15.1 Å². The van der Waals surface area contributed by atoms with Crippen molar-refractivity contribution < 1.29 is 0 Å². The van der Waals surface area contributed by atoms with Gasteiger partial charge in [0.2, 0.25) is 0 Å². The Bertz CT molecular complexity index is 258. The van der Waals surface area contributed by atoms with Crippen LogP contribution in [0.4, 0.5) is 0 Å². The summed E-state index contributed by atoms with van der Waals surface area (Å²) >= 11 is 33.0. The first kappa shape index (κ1) is 17.4. The average Bonchev–Trinajstić information content (AvgIpc) is 2.25. The molecule has 94 valence electrons. The second-order valence-corrected chi connectivity index (χ2v) is 6.62. The highest BCUT2D eigenvalue weighted by atomic mass is 79.9. The lowest BCUT2D eigenvalue weighted by atomic mass is 10.0. The van der Waals surface area contributed by atoms with Gasteiger partial charge in [0.15, 0.2) is 0 Å². The van der Waals surface area contributed by atoms with Gasteiger partial charge in [0.05, 0.1) is 15.1 Å². The number of alkyl halides is 5. The Kier molecular flexibility index (Phi) is 8.44. The third-order valence-electron chi connectivity index (χ3n) is 1.94. The number of halogens is 6. The molecule has 0 saturated carbocycles. The minimum absolute atomic E-state index is 0.282. The summed E-state index contributed by atoms with van der Waals surface area (Å²) in [5.74, 6) is 0.282. The summed E-state index contributed by atoms with van der Waals surface area (Å²) in [5.41, 5.74) is 1.34. The fraction of sp³-hybridized carbons (Fsp3) is 0.600. The molecule has 0 aliphatic rings. The van der Waals surface area contributed by atoms with E-state index in [0.29, 0.717) is 5.33 Å². The SMILES string of the molecule is C[C@@](Cl)(/C=C/Cl)[C@@H](Cl)/C=C/C(Cl)(CCl)CBr. The Balaban J connectivity index is 4.66. The molecular formula is C10H12BrCl5. The molecule has 0 aliphatic heterocycles. The molecule has 0 spiro atoms. The summed E-state index contributed by atoms with van der Waals surface area (Å²) in [5, 5.41) is 0.111. The largest absolute Gasteiger partial charge is 0.124 e. The third kappa shape index (κ3) is 5.84. The van der Waals surface area contributed by atoms with Gasteiger partial charge in [-0.05, 0) is 6.92 Å². The van der Waals surface area contributed by atoms with Gasteiger partial charge in [-0.2, -0.15) is 0 Å². The standard InChI is InChI=1S/C10H12BrCl5/c1-9(15,4-5-12)8(14)2-3-10(16,6-11)7-13/h2-5,8H,6-7H2,1H3/b3-2+,5-4+/t8-,9+,10?/m0/s1. The second kappa shape index (κ2) is 7.76. The molecule has 0 N–H and O–H groups in total. The fourth-order valence-electron chi connectivity index (χ4n) is 0.785. The first-order chi connectivity index (χ1) is 7.31. The van der Waals surface area contributed by atoms with Gasteiger partial charge < -0.3 is 0 Å². The van der Waals surface area contributed by atoms with Gasteiger partial charge in [0, 0.05) is 16.7 Å². The Hall–Kier alpha value is 1.41. The highest BCUT2D eigenvalue weighted by Gasteiger charge is 2.27. The number of rotatable bonds is 6. The number of hydrogen-bond acceptors (Lipinski definition) is 0. The van der Waals surface area contributed by atoms with E-state index in [-0.39, 0.29) is 5.88 Å². The molecule has 0 aromatic rings. The quantitative estimate of drug-likeness (QED) is 0.415. The van der Waals surface area contributed by atoms with Crippen LogP contribution in [0, 0.1) is 0 Å². The van der Waals surface area contributed by atoms with Crippen molar-refractivity contribution in [2.45, 2.75) is 22.0 Å². The summed E-state index contributed by atoms with van der Waals surface area (Å²) in [6.07, 6.45) is 5.08. The van der Waals surface area contributed by atoms with Crippen LogP contribution in [0.25, 0.3) is 0 Å². The van der Waals surface area contributed by atoms with E-state index in [1.165, 1.54) is 5.54 Å². The third-order valence-corrected chi connectivity index (χ3v) is 5.46. The van der Waals surface area contributed by atoms with Gasteiger partial charge in [-0.3, -0.25) is 0 Å². The number of hydrogen-bond donors (Lipinski definition) is 0. The van der Waals surface area contributed by atoms with Crippen molar-refractivity contribution in [3.63, 3.8) is 0 Å². The molecule has 0 heterocycles. The predicted molar refractivity (Wildman–Crippen MR) is 81.1 cm³/mol. The lowest BCUT2D eigenvalue weighted by molar-refractivity contribution is 0.790. The van der Waals surface area contributed by atoms with E-state index in [0.717, 1.165) is 0 Å². The summed E-state index contributed by atoms with van der Waals surface area (Å²) in [7, 11) is 0. The molecule has 6 heteroatoms. The lowest BCUT2D eigenvalue weighted by Gasteiger charge is -2.23. The van der Waals surface area contributed by atoms with Crippen molar-refractivity contribution >= 4 is 73.9 Å². The van der Waals surface area contributed by atoms with Crippen LogP contribution < -0.4 is 0 Å². The van der Waals surface area contributed by atoms with Gasteiger partial charge in [0.25, 0.3) is 0 Å². The molecule has 16 heavy (non-hydrogen) atoms. The lowest BCUT2D eigenvalue weighted by Crippen LogP contribution is -2.27. The molecule has 0 rings (SSSR count). The first-order valence-electron chi connectivity index (χ1n) is 4.42. The zero-order valence-electron chi connectivity index (χ0n) is 8.57. The molecule has 0 saturated heterocycles. The smallest absolute Gasteiger partial charge is 0.0857 e. The molecule has 0 radical (unpaired) electrons. The molecule has 0 fully saturated rings. The topological polar surface area (TPSA) is 0 Å². The van der Waals surface area contributed by atoms with Crippen molar-refractivity contribution in [1.29, 1.82) is 0 Å². The van der Waals surface area contributed by atoms with Crippen molar-refractivity contribution in [3.8, 4) is 0 Å². The van der Waals surface area contributed by atoms with Crippen molar-refractivity contribution in [1.82, 2.24) is 0 Å². The van der Waals surface area contributed by atoms with Crippen LogP contribution in [0.15, 0.2) is 23.8 Å². The summed E-state index contributed by atoms with van der Waals surface area (Å²) < 4.78 is 0. The molecule has 0 aliphatic carbocycles. The Morgan fingerprint density at radius 2 is 1.88 bits per heavy atom. The fourth-order valence-corrected chi connectivity index (χ4v) is 2.26. The predicted octanol–water partition coefficient (Wildman–Crippen LogP) is 5.51. The molecular weight excluding hydrogens is 377 g/mol. The molecule has 0 nitrogen and oxygen atoms in total. The maximum Gasteiger partial charge on any atom is 0.0857 e. The molecule has 3 atom stereocenters. The van der Waals surface area contributed by atoms with E-state index in [2.05, 4.69) is 15.9 Å². The second-order valence-electron chi connectivity index (χ2n) is 3.51. The van der Waals surface area contributed by atoms with E-state index >= 15 is 0 Å². The minimum Gasteiger partial charge on any atom is -0.124 e. The Labute approximate surface area is 130 Å². The first-order valence-corrected chi connectivity index (χ1v) is 7.71. The molecule has 0 amide bonds. The van der Waals surface area contributed by atoms with Crippen LogP contribution >= 0.6 is 73.9 Å². The van der Waals surface area contributed by atoms with Gasteiger partial charge in [-0.15, -0.1) is 46.4 Å². The highest BCUT2D eigenvalue weighted by molar-refractivity contribution is 9.09. The maximum absolute atomic E-state index is 6.17. The van der Waals surface area contributed by atoms with Gasteiger partial charge in [0.1, 0.15) is 0 Å². The summed E-state index contributed by atoms with van der Waals surface area (Å²) in [6, 6.07) is 0. The van der Waals surface area contributed by atoms with Crippen LogP contribution in [-0.2, 0) is 0 Å². The van der Waals surface area contributed by atoms with Crippen LogP contribution in [0.3, 0.4) is 0 Å². The van der Waals surface area contributed by atoms with E-state index in [1.807, 2.05) is 0 Å². The molecule has 1 unspecified atom stereocenters. The Morgan fingerprint density at radius 3 is 2.25 bits per heavy atom. The molecule has 0 aromatic carbocycles. The van der Waals surface area contributed by atoms with Crippen molar-refractivity contribution in [3.05, 3.63) is 23.8 Å². The normalized spacial score (nSPS) is 22.2. The van der Waals surface area contributed by atoms with Crippen molar-refractivity contribution in [2.24, 2.45) is 0 Å². The maximum atomic E-state index is 6.17. The van der Waals surface area contributed by atoms with E-state index in [1.54, 1.807) is 25.2 Å². The van der Waals surface area contributed by atoms with Gasteiger partial charge >= 0.3 is 0 Å². The van der Waals surface area contributed by atoms with E-state index in [9.17, 15) is 0 Å². The van der Waals surface area contributed by atoms with Crippen LogP contribution in [0.2, 0.25) is 0 Å². The molecule has 0 aromatic heterocycles. The highest BCUT2D eigenvalue weighted by Crippen LogP contribution is 2.29.